The van der Waals surface area contributed by atoms with E-state index in [0.717, 1.165) is 15.9 Å². The van der Waals surface area contributed by atoms with Gasteiger partial charge in [-0.15, -0.1) is 0 Å². The smallest absolute Gasteiger partial charge is 0.186 e. The number of hydrogen-bond donors (Lipinski definition) is 0. The summed E-state index contributed by atoms with van der Waals surface area (Å²) < 4.78 is 9.09. The molecule has 2 aromatic heterocycles. The van der Waals surface area contributed by atoms with Gasteiger partial charge in [-0.1, -0.05) is 19.0 Å². The first-order valence-corrected chi connectivity index (χ1v) is 4.26. The van der Waals surface area contributed by atoms with Gasteiger partial charge in [0, 0.05) is 0 Å². The molecule has 0 saturated carbocycles. The minimum Gasteiger partial charge on any atom is -0.363 e. The highest BCUT2D eigenvalue weighted by Crippen LogP contribution is 2.26. The Kier molecular flexibility index (Phi) is 1.42. The molecule has 0 unspecified atom stereocenters. The molecule has 11 heavy (non-hydrogen) atoms. The van der Waals surface area contributed by atoms with E-state index in [1.807, 2.05) is 0 Å². The van der Waals surface area contributed by atoms with Gasteiger partial charge in [-0.25, -0.2) is 0 Å². The van der Waals surface area contributed by atoms with Crippen molar-refractivity contribution in [3.8, 4) is 0 Å². The lowest BCUT2D eigenvalue weighted by Gasteiger charge is -1.95. The van der Waals surface area contributed by atoms with E-state index in [9.17, 15) is 0 Å². The first-order chi connectivity index (χ1) is 5.29. The van der Waals surface area contributed by atoms with E-state index in [4.69, 9.17) is 4.52 Å². The predicted molar refractivity (Wildman–Crippen MR) is 43.8 cm³/mol. The van der Waals surface area contributed by atoms with E-state index >= 15 is 0 Å². The Morgan fingerprint density at radius 3 is 3.09 bits per heavy atom. The molecule has 0 aliphatic rings. The number of hydrogen-bond acceptors (Lipinski definition) is 4. The van der Waals surface area contributed by atoms with Gasteiger partial charge in [0.15, 0.2) is 4.83 Å². The maximum Gasteiger partial charge on any atom is 0.186 e. The number of rotatable bonds is 1. The van der Waals surface area contributed by atoms with Gasteiger partial charge < -0.3 is 4.52 Å². The van der Waals surface area contributed by atoms with Crippen LogP contribution in [-0.2, 0) is 0 Å². The van der Waals surface area contributed by atoms with Crippen molar-refractivity contribution >= 4 is 21.7 Å². The molecule has 0 aliphatic carbocycles. The Morgan fingerprint density at radius 2 is 2.36 bits per heavy atom. The monoisotopic (exact) mass is 168 g/mol. The van der Waals surface area contributed by atoms with Crippen molar-refractivity contribution in [3.63, 3.8) is 0 Å². The van der Waals surface area contributed by atoms with Crippen molar-refractivity contribution in [2.45, 2.75) is 19.8 Å². The molecule has 0 atom stereocenters. The Hall–Kier alpha value is -0.900. The quantitative estimate of drug-likeness (QED) is 0.656. The van der Waals surface area contributed by atoms with Gasteiger partial charge in [0.25, 0.3) is 0 Å². The molecule has 0 spiro atoms. The van der Waals surface area contributed by atoms with Gasteiger partial charge in [0.05, 0.1) is 11.1 Å². The highest BCUT2D eigenvalue weighted by Gasteiger charge is 2.11. The molecule has 0 fully saturated rings. The van der Waals surface area contributed by atoms with Crippen molar-refractivity contribution in [2.75, 3.05) is 0 Å². The average Bonchev–Trinajstić information content (AvgIpc) is 2.41. The Morgan fingerprint density at radius 1 is 1.55 bits per heavy atom. The molecule has 2 aromatic rings. The Bertz CT molecular complexity index is 363. The minimum atomic E-state index is 0.447. The lowest BCUT2D eigenvalue weighted by molar-refractivity contribution is 0.429. The molecular weight excluding hydrogens is 160 g/mol. The Balaban J connectivity index is 2.68. The zero-order valence-electron chi connectivity index (χ0n) is 6.37. The van der Waals surface area contributed by atoms with Gasteiger partial charge >= 0.3 is 0 Å². The van der Waals surface area contributed by atoms with Gasteiger partial charge in [-0.3, -0.25) is 0 Å². The van der Waals surface area contributed by atoms with Crippen LogP contribution in [0, 0.1) is 0 Å². The van der Waals surface area contributed by atoms with Crippen LogP contribution in [-0.4, -0.2) is 9.53 Å². The second-order valence-corrected chi connectivity index (χ2v) is 3.51. The second-order valence-electron chi connectivity index (χ2n) is 2.76. The van der Waals surface area contributed by atoms with E-state index < -0.39 is 0 Å². The summed E-state index contributed by atoms with van der Waals surface area (Å²) >= 11 is 1.39. The largest absolute Gasteiger partial charge is 0.363 e. The summed E-state index contributed by atoms with van der Waals surface area (Å²) in [6.45, 7) is 4.23. The molecule has 0 aromatic carbocycles. The summed E-state index contributed by atoms with van der Waals surface area (Å²) in [6, 6.07) is 0. The van der Waals surface area contributed by atoms with Crippen LogP contribution in [0.3, 0.4) is 0 Å². The number of nitrogens with zero attached hydrogens (tertiary/aromatic N) is 2. The first kappa shape index (κ1) is 6.79. The molecule has 2 rings (SSSR count). The summed E-state index contributed by atoms with van der Waals surface area (Å²) in [6.07, 6.45) is 1.66. The van der Waals surface area contributed by atoms with Crippen molar-refractivity contribution in [3.05, 3.63) is 12.0 Å². The van der Waals surface area contributed by atoms with Crippen molar-refractivity contribution in [1.29, 1.82) is 0 Å². The van der Waals surface area contributed by atoms with Crippen molar-refractivity contribution in [1.82, 2.24) is 9.53 Å². The van der Waals surface area contributed by atoms with Crippen LogP contribution < -0.4 is 0 Å². The van der Waals surface area contributed by atoms with Crippen LogP contribution in [0.2, 0.25) is 0 Å². The molecule has 3 nitrogen and oxygen atoms in total. The first-order valence-electron chi connectivity index (χ1n) is 3.48. The molecule has 0 radical (unpaired) electrons. The van der Waals surface area contributed by atoms with Gasteiger partial charge in [-0.05, 0) is 17.5 Å². The van der Waals surface area contributed by atoms with Gasteiger partial charge in [0.1, 0.15) is 6.26 Å². The lowest BCUT2D eigenvalue weighted by Crippen LogP contribution is -1.85. The second kappa shape index (κ2) is 2.30. The summed E-state index contributed by atoms with van der Waals surface area (Å²) in [5, 5.41) is 4.86. The van der Waals surface area contributed by atoms with Crippen LogP contribution in [0.4, 0.5) is 0 Å². The van der Waals surface area contributed by atoms with Crippen LogP contribution >= 0.6 is 11.5 Å². The normalized spacial score (nSPS) is 11.5. The maximum atomic E-state index is 4.82. The van der Waals surface area contributed by atoms with E-state index in [1.54, 1.807) is 6.26 Å². The number of aromatic nitrogens is 2. The molecule has 2 heterocycles. The topological polar surface area (TPSA) is 38.9 Å². The predicted octanol–water partition coefficient (Wildman–Crippen LogP) is 2.41. The third-order valence-corrected chi connectivity index (χ3v) is 2.35. The van der Waals surface area contributed by atoms with Crippen LogP contribution in [0.25, 0.3) is 10.2 Å². The van der Waals surface area contributed by atoms with Crippen molar-refractivity contribution < 1.29 is 4.52 Å². The molecule has 0 amide bonds. The SMILES string of the molecule is CC(C)c1nsc2nocc12. The summed E-state index contributed by atoms with van der Waals surface area (Å²) in [7, 11) is 0. The molecular formula is C7H8N2OS. The lowest BCUT2D eigenvalue weighted by atomic mass is 10.1. The van der Waals surface area contributed by atoms with E-state index in [1.165, 1.54) is 11.5 Å². The summed E-state index contributed by atoms with van der Waals surface area (Å²) in [5.74, 6) is 0.447. The third kappa shape index (κ3) is 0.939. The third-order valence-electron chi connectivity index (χ3n) is 1.59. The zero-order valence-corrected chi connectivity index (χ0v) is 7.18. The molecule has 0 aliphatic heterocycles. The molecule has 0 N–H and O–H groups in total. The molecule has 58 valence electrons. The maximum absolute atomic E-state index is 4.82. The number of fused-ring (bicyclic) bond motifs is 1. The molecule has 0 saturated heterocycles. The van der Waals surface area contributed by atoms with Crippen molar-refractivity contribution in [2.24, 2.45) is 0 Å². The minimum absolute atomic E-state index is 0.447. The average molecular weight is 168 g/mol. The molecule has 0 bridgehead atoms. The van der Waals surface area contributed by atoms with E-state index in [-0.39, 0.29) is 0 Å². The van der Waals surface area contributed by atoms with Crippen LogP contribution in [0.15, 0.2) is 10.8 Å². The van der Waals surface area contributed by atoms with E-state index in [0.29, 0.717) is 5.92 Å². The summed E-state index contributed by atoms with van der Waals surface area (Å²) in [4.78, 5) is 0.897. The van der Waals surface area contributed by atoms with Gasteiger partial charge in [0.2, 0.25) is 0 Å². The standard InChI is InChI=1S/C7H8N2OS/c1-4(2)6-5-3-10-8-7(5)11-9-6/h3-4H,1-2H3. The highest BCUT2D eigenvalue weighted by molar-refractivity contribution is 7.12. The highest BCUT2D eigenvalue weighted by atomic mass is 32.1. The summed E-state index contributed by atoms with van der Waals surface area (Å²) in [5.41, 5.74) is 1.09. The van der Waals surface area contributed by atoms with Crippen LogP contribution in [0.1, 0.15) is 25.5 Å². The fraction of sp³-hybridized carbons (Fsp3) is 0.429. The fourth-order valence-corrected chi connectivity index (χ4v) is 1.84. The zero-order chi connectivity index (χ0) is 7.84. The van der Waals surface area contributed by atoms with Crippen LogP contribution in [0.5, 0.6) is 0 Å². The fourth-order valence-electron chi connectivity index (χ4n) is 1.02. The Labute approximate surface area is 68.2 Å². The van der Waals surface area contributed by atoms with Gasteiger partial charge in [-0.2, -0.15) is 4.37 Å². The molecule has 4 heteroatoms. The van der Waals surface area contributed by atoms with E-state index in [2.05, 4.69) is 23.4 Å².